The third-order valence-corrected chi connectivity index (χ3v) is 5.97. The van der Waals surface area contributed by atoms with Gasteiger partial charge in [0, 0.05) is 17.5 Å². The maximum absolute atomic E-state index is 12.4. The summed E-state index contributed by atoms with van der Waals surface area (Å²) in [5, 5.41) is 14.8. The minimum Gasteiger partial charge on any atom is -0.497 e. The van der Waals surface area contributed by atoms with Gasteiger partial charge in [0.25, 0.3) is 5.91 Å². The Kier molecular flexibility index (Phi) is 6.91. The smallest absolute Gasteiger partial charge is 0.336 e. The molecule has 0 heterocycles. The number of carboxylic acid groups (broad SMARTS) is 1. The topological polar surface area (TPSA) is 176 Å². The Balaban J connectivity index is 2.24. The number of ether oxygens (including phenoxy) is 1. The molecule has 34 heavy (non-hydrogen) atoms. The quantitative estimate of drug-likeness (QED) is 0.308. The van der Waals surface area contributed by atoms with Crippen LogP contribution in [0.3, 0.4) is 0 Å². The largest absolute Gasteiger partial charge is 0.497 e. The molecule has 0 aliphatic heterocycles. The molecule has 3 rings (SSSR count). The number of amides is 1. The van der Waals surface area contributed by atoms with Gasteiger partial charge in [0.1, 0.15) is 10.6 Å². The van der Waals surface area contributed by atoms with Crippen molar-refractivity contribution in [1.82, 2.24) is 0 Å². The predicted molar refractivity (Wildman–Crippen MR) is 127 cm³/mol. The van der Waals surface area contributed by atoms with Crippen molar-refractivity contribution in [2.45, 2.75) is 11.3 Å². The van der Waals surface area contributed by atoms with E-state index in [0.717, 1.165) is 0 Å². The summed E-state index contributed by atoms with van der Waals surface area (Å²) in [4.78, 5) is 23.2. The fourth-order valence-corrected chi connectivity index (χ4v) is 4.37. The number of rotatable bonds is 6. The van der Waals surface area contributed by atoms with Crippen LogP contribution in [0.4, 0.5) is 5.69 Å². The van der Waals surface area contributed by atoms with Crippen LogP contribution in [0.5, 0.6) is 5.75 Å². The van der Waals surface area contributed by atoms with Gasteiger partial charge in [0.05, 0.1) is 23.9 Å². The lowest BCUT2D eigenvalue weighted by Gasteiger charge is -2.15. The minimum absolute atomic E-state index is 0.0156. The lowest BCUT2D eigenvalue weighted by molar-refractivity contribution is 0.0695. The third kappa shape index (κ3) is 5.01. The van der Waals surface area contributed by atoms with Crippen molar-refractivity contribution in [2.24, 2.45) is 10.9 Å². The van der Waals surface area contributed by atoms with E-state index in [-0.39, 0.29) is 23.2 Å². The predicted octanol–water partition coefficient (Wildman–Crippen LogP) is 1.98. The summed E-state index contributed by atoms with van der Waals surface area (Å²) in [6, 6.07) is 14.5. The molecule has 0 unspecified atom stereocenters. The van der Waals surface area contributed by atoms with E-state index < -0.39 is 32.4 Å². The number of carbonyl (C=O) groups is 2. The highest BCUT2D eigenvalue weighted by Crippen LogP contribution is 2.35. The zero-order valence-electron chi connectivity index (χ0n) is 18.0. The lowest BCUT2D eigenvalue weighted by Crippen LogP contribution is -2.24. The van der Waals surface area contributed by atoms with E-state index in [0.29, 0.717) is 22.4 Å². The molecule has 1 amide bonds. The Bertz CT molecular complexity index is 1460. The number of methoxy groups -OCH3 is 1. The van der Waals surface area contributed by atoms with E-state index in [9.17, 15) is 23.1 Å². The maximum atomic E-state index is 12.4. The monoisotopic (exact) mass is 479 g/mol. The zero-order valence-corrected chi connectivity index (χ0v) is 18.8. The van der Waals surface area contributed by atoms with Crippen LogP contribution < -0.4 is 21.3 Å². The SMILES string of the molecule is COc1ccc(C(=O)O)c(CC#Cc2cc(-c3ccccc3)c(N)c(C(N)=O)c2S(N)(=O)=O)c1. The fourth-order valence-electron chi connectivity index (χ4n) is 3.46. The molecule has 0 radical (unpaired) electrons. The van der Waals surface area contributed by atoms with Crippen LogP contribution in [-0.2, 0) is 16.4 Å². The van der Waals surface area contributed by atoms with Gasteiger partial charge in [-0.25, -0.2) is 18.4 Å². The highest BCUT2D eigenvalue weighted by molar-refractivity contribution is 7.89. The summed E-state index contributed by atoms with van der Waals surface area (Å²) < 4.78 is 29.9. The second kappa shape index (κ2) is 9.66. The molecule has 0 fully saturated rings. The van der Waals surface area contributed by atoms with Crippen LogP contribution >= 0.6 is 0 Å². The van der Waals surface area contributed by atoms with Crippen LogP contribution in [0.25, 0.3) is 11.1 Å². The standard InChI is InChI=1S/C24H21N3O6S/c1-33-17-10-11-18(24(29)30)15(12-17)8-5-9-16-13-19(14-6-3-2-4-7-14)21(25)20(23(26)28)22(16)34(27,31)32/h2-4,6-7,10-13H,8,25H2,1H3,(H2,26,28)(H,29,30)(H2,27,31,32). The number of hydrogen-bond acceptors (Lipinski definition) is 6. The Labute approximate surface area is 196 Å². The molecule has 174 valence electrons. The van der Waals surface area contributed by atoms with Gasteiger partial charge in [-0.15, -0.1) is 0 Å². The average molecular weight is 480 g/mol. The summed E-state index contributed by atoms with van der Waals surface area (Å²) in [7, 11) is -3.02. The summed E-state index contributed by atoms with van der Waals surface area (Å²) >= 11 is 0. The normalized spacial score (nSPS) is 10.8. The van der Waals surface area contributed by atoms with E-state index in [4.69, 9.17) is 21.3 Å². The van der Waals surface area contributed by atoms with E-state index in [1.54, 1.807) is 30.3 Å². The summed E-state index contributed by atoms with van der Waals surface area (Å²) in [5.74, 6) is 3.66. The molecule has 0 saturated heterocycles. The maximum Gasteiger partial charge on any atom is 0.336 e. The van der Waals surface area contributed by atoms with Crippen molar-refractivity contribution in [3.63, 3.8) is 0 Å². The first-order valence-corrected chi connectivity index (χ1v) is 11.3. The number of primary amides is 1. The second-order valence-corrected chi connectivity index (χ2v) is 8.67. The molecule has 0 aromatic heterocycles. The van der Waals surface area contributed by atoms with Gasteiger partial charge >= 0.3 is 5.97 Å². The highest BCUT2D eigenvalue weighted by atomic mass is 32.2. The number of nitrogen functional groups attached to an aromatic ring is 1. The number of aromatic carboxylic acids is 1. The highest BCUT2D eigenvalue weighted by Gasteiger charge is 2.27. The van der Waals surface area contributed by atoms with Crippen LogP contribution in [0.15, 0.2) is 59.5 Å². The first-order valence-electron chi connectivity index (χ1n) is 9.78. The number of sulfonamides is 1. The Morgan fingerprint density at radius 2 is 1.76 bits per heavy atom. The van der Waals surface area contributed by atoms with Gasteiger partial charge < -0.3 is 21.3 Å². The molecular formula is C24H21N3O6S. The molecule has 0 saturated carbocycles. The van der Waals surface area contributed by atoms with Gasteiger partial charge in [-0.05, 0) is 35.4 Å². The number of nitrogens with two attached hydrogens (primary N) is 3. The number of carboxylic acids is 1. The lowest BCUT2D eigenvalue weighted by atomic mass is 9.96. The van der Waals surface area contributed by atoms with Crippen LogP contribution in [0.1, 0.15) is 31.8 Å². The van der Waals surface area contributed by atoms with Gasteiger partial charge in [-0.3, -0.25) is 4.79 Å². The van der Waals surface area contributed by atoms with Crippen molar-refractivity contribution in [2.75, 3.05) is 12.8 Å². The number of carbonyl (C=O) groups excluding carboxylic acids is 1. The molecule has 7 N–H and O–H groups in total. The molecule has 0 aliphatic rings. The Hall–Kier alpha value is -4.33. The van der Waals surface area contributed by atoms with E-state index in [1.165, 1.54) is 31.4 Å². The Morgan fingerprint density at radius 3 is 2.32 bits per heavy atom. The van der Waals surface area contributed by atoms with Crippen LogP contribution in [0.2, 0.25) is 0 Å². The second-order valence-electron chi connectivity index (χ2n) is 7.17. The van der Waals surface area contributed by atoms with Gasteiger partial charge in [-0.1, -0.05) is 42.2 Å². The molecule has 0 aliphatic carbocycles. The number of hydrogen-bond donors (Lipinski definition) is 4. The van der Waals surface area contributed by atoms with Crippen molar-refractivity contribution < 1.29 is 27.9 Å². The number of primary sulfonamides is 1. The molecule has 0 bridgehead atoms. The van der Waals surface area contributed by atoms with E-state index >= 15 is 0 Å². The summed E-state index contributed by atoms with van der Waals surface area (Å²) in [5.41, 5.74) is 12.2. The summed E-state index contributed by atoms with van der Waals surface area (Å²) in [6.45, 7) is 0. The molecule has 0 atom stereocenters. The molecule has 3 aromatic rings. The molecule has 9 nitrogen and oxygen atoms in total. The summed E-state index contributed by atoms with van der Waals surface area (Å²) in [6.07, 6.45) is -0.0557. The molecular weight excluding hydrogens is 458 g/mol. The van der Waals surface area contributed by atoms with E-state index in [2.05, 4.69) is 11.8 Å². The number of anilines is 1. The first kappa shape index (κ1) is 24.3. The van der Waals surface area contributed by atoms with Gasteiger partial charge in [-0.2, -0.15) is 0 Å². The molecule has 3 aromatic carbocycles. The molecule has 10 heteroatoms. The average Bonchev–Trinajstić information content (AvgIpc) is 2.78. The van der Waals surface area contributed by atoms with Crippen molar-refractivity contribution in [1.29, 1.82) is 0 Å². The van der Waals surface area contributed by atoms with Crippen LogP contribution in [-0.4, -0.2) is 32.5 Å². The molecule has 0 spiro atoms. The van der Waals surface area contributed by atoms with Crippen LogP contribution in [0, 0.1) is 11.8 Å². The minimum atomic E-state index is -4.46. The first-order chi connectivity index (χ1) is 16.0. The van der Waals surface area contributed by atoms with Crippen molar-refractivity contribution >= 4 is 27.6 Å². The number of benzene rings is 3. The zero-order chi connectivity index (χ0) is 25.0. The fraction of sp³-hybridized carbons (Fsp3) is 0.0833. The Morgan fingerprint density at radius 1 is 1.09 bits per heavy atom. The van der Waals surface area contributed by atoms with Gasteiger partial charge in [0.2, 0.25) is 10.0 Å². The van der Waals surface area contributed by atoms with Crippen molar-refractivity contribution in [3.8, 4) is 28.7 Å². The van der Waals surface area contributed by atoms with Gasteiger partial charge in [0.15, 0.2) is 0 Å². The van der Waals surface area contributed by atoms with E-state index in [1.807, 2.05) is 0 Å². The van der Waals surface area contributed by atoms with Crippen molar-refractivity contribution in [3.05, 3.63) is 76.9 Å². The third-order valence-electron chi connectivity index (χ3n) is 4.98.